The number of hydrogen-bond acceptors (Lipinski definition) is 9. The molecule has 2 aliphatic rings. The normalized spacial score (nSPS) is 18.8. The number of aliphatic hydroxyl groups is 1. The molecule has 240 valence electrons. The number of aromatic nitrogens is 4. The van der Waals surface area contributed by atoms with Gasteiger partial charge in [-0.15, -0.1) is 0 Å². The van der Waals surface area contributed by atoms with Crippen molar-refractivity contribution in [1.29, 1.82) is 0 Å². The predicted molar refractivity (Wildman–Crippen MR) is 177 cm³/mol. The van der Waals surface area contributed by atoms with Gasteiger partial charge in [0.15, 0.2) is 0 Å². The summed E-state index contributed by atoms with van der Waals surface area (Å²) < 4.78 is 11.2. The molecule has 0 unspecified atom stereocenters. The number of ether oxygens (including phenoxy) is 2. The van der Waals surface area contributed by atoms with Gasteiger partial charge in [-0.2, -0.15) is 0 Å². The molecule has 0 spiro atoms. The van der Waals surface area contributed by atoms with E-state index < -0.39 is 0 Å². The van der Waals surface area contributed by atoms with Crippen molar-refractivity contribution in [2.24, 2.45) is 5.92 Å². The summed E-state index contributed by atoms with van der Waals surface area (Å²) in [6.45, 7) is 0.668. The van der Waals surface area contributed by atoms with Crippen LogP contribution in [-0.2, 0) is 17.8 Å². The number of amides is 1. The summed E-state index contributed by atoms with van der Waals surface area (Å²) in [7, 11) is 3.15. The molecule has 6 rings (SSSR count). The van der Waals surface area contributed by atoms with Crippen LogP contribution in [0.15, 0.2) is 48.8 Å². The van der Waals surface area contributed by atoms with Gasteiger partial charge in [-0.25, -0.2) is 9.97 Å². The first-order valence-corrected chi connectivity index (χ1v) is 16.2. The molecule has 2 aromatic carbocycles. The van der Waals surface area contributed by atoms with E-state index in [2.05, 4.69) is 20.6 Å². The molecule has 2 fully saturated rings. The molecule has 1 saturated heterocycles. The maximum absolute atomic E-state index is 11.5. The number of nitrogens with zero attached hydrogens (tertiary/aromatic N) is 4. The van der Waals surface area contributed by atoms with Crippen LogP contribution in [0.25, 0.3) is 33.6 Å². The van der Waals surface area contributed by atoms with Crippen LogP contribution in [0.3, 0.4) is 0 Å². The average Bonchev–Trinajstić information content (AvgIpc) is 3.73. The molecule has 46 heavy (non-hydrogen) atoms. The van der Waals surface area contributed by atoms with E-state index in [0.717, 1.165) is 42.5 Å². The first kappa shape index (κ1) is 32.1. The molecule has 3 N–H and O–H groups in total. The number of aliphatic hydroxyl groups excluding tert-OH is 1. The van der Waals surface area contributed by atoms with Crippen molar-refractivity contribution in [2.75, 3.05) is 20.8 Å². The lowest BCUT2D eigenvalue weighted by molar-refractivity contribution is -0.119. The molecule has 1 saturated carbocycles. The van der Waals surface area contributed by atoms with E-state index in [9.17, 15) is 9.90 Å². The van der Waals surface area contributed by atoms with Crippen molar-refractivity contribution in [3.63, 3.8) is 0 Å². The summed E-state index contributed by atoms with van der Waals surface area (Å²) in [5.74, 6) is 1.28. The first-order valence-electron chi connectivity index (χ1n) is 15.4. The van der Waals surface area contributed by atoms with Gasteiger partial charge in [0.25, 0.3) is 0 Å². The van der Waals surface area contributed by atoms with Gasteiger partial charge in [-0.1, -0.05) is 59.6 Å². The summed E-state index contributed by atoms with van der Waals surface area (Å²) in [4.78, 5) is 30.3. The maximum Gasteiger partial charge on any atom is 0.237 e. The molecule has 1 aliphatic heterocycles. The molecule has 0 radical (unpaired) electrons. The molecule has 12 heteroatoms. The molecule has 3 atom stereocenters. The van der Waals surface area contributed by atoms with E-state index in [1.807, 2.05) is 36.4 Å². The van der Waals surface area contributed by atoms with Crippen LogP contribution in [0.4, 0.5) is 0 Å². The Bertz CT molecular complexity index is 1740. The third-order valence-electron chi connectivity index (χ3n) is 8.59. The first-order chi connectivity index (χ1) is 22.4. The van der Waals surface area contributed by atoms with E-state index >= 15 is 0 Å². The van der Waals surface area contributed by atoms with Crippen molar-refractivity contribution < 1.29 is 19.4 Å². The zero-order valence-corrected chi connectivity index (χ0v) is 27.2. The fraction of sp³-hybridized carbons (Fsp3) is 0.382. The molecular formula is C34H36Cl2N6O4. The fourth-order valence-electron chi connectivity index (χ4n) is 5.89. The Labute approximate surface area is 277 Å². The van der Waals surface area contributed by atoms with Crippen LogP contribution < -0.4 is 20.1 Å². The largest absolute Gasteiger partial charge is 0.480 e. The Morgan fingerprint density at radius 3 is 2.04 bits per heavy atom. The van der Waals surface area contributed by atoms with Crippen LogP contribution in [0.5, 0.6) is 11.8 Å². The molecule has 2 aromatic heterocycles. The highest BCUT2D eigenvalue weighted by molar-refractivity contribution is 6.39. The van der Waals surface area contributed by atoms with Crippen molar-refractivity contribution in [3.05, 3.63) is 70.2 Å². The molecule has 1 aliphatic carbocycles. The number of benzene rings is 2. The maximum atomic E-state index is 11.5. The highest BCUT2D eigenvalue weighted by Crippen LogP contribution is 2.42. The summed E-state index contributed by atoms with van der Waals surface area (Å²) >= 11 is 14.1. The standard InChI is InChI=1S/C34H36Cl2N6O4/c1-45-33-25(11-3-6-20-12-13-30(44)40-20)37-15-27(41-33)23-9-4-7-21(31(23)35)22-8-5-10-24(32(22)36)28-16-39-29(34(42-28)46-2)17-38-26-14-19(26)18-43/h4-5,7-10,15-16,19-20,26,38,43H,3,6,11-14,17-18H2,1-2H3,(H,40,44)/t19-,20+,26-/m0/s1. The van der Waals surface area contributed by atoms with Gasteiger partial charge in [0.2, 0.25) is 17.7 Å². The third kappa shape index (κ3) is 6.95. The Hall–Kier alpha value is -3.83. The highest BCUT2D eigenvalue weighted by Gasteiger charge is 2.36. The van der Waals surface area contributed by atoms with Gasteiger partial charge < -0.3 is 25.2 Å². The van der Waals surface area contributed by atoms with Crippen molar-refractivity contribution in [3.8, 4) is 45.4 Å². The second kappa shape index (κ2) is 14.3. The topological polar surface area (TPSA) is 131 Å². The van der Waals surface area contributed by atoms with Gasteiger partial charge >= 0.3 is 0 Å². The van der Waals surface area contributed by atoms with Crippen LogP contribution in [0, 0.1) is 5.92 Å². The fourth-order valence-corrected chi connectivity index (χ4v) is 6.54. The van der Waals surface area contributed by atoms with Gasteiger partial charge in [0.05, 0.1) is 48.0 Å². The summed E-state index contributed by atoms with van der Waals surface area (Å²) in [5, 5.41) is 16.7. The second-order valence-corrected chi connectivity index (χ2v) is 12.4. The highest BCUT2D eigenvalue weighted by atomic mass is 35.5. The number of methoxy groups -OCH3 is 2. The Balaban J connectivity index is 1.23. The predicted octanol–water partition coefficient (Wildman–Crippen LogP) is 5.66. The monoisotopic (exact) mass is 662 g/mol. The van der Waals surface area contributed by atoms with Crippen molar-refractivity contribution in [1.82, 2.24) is 30.6 Å². The summed E-state index contributed by atoms with van der Waals surface area (Å²) in [5.41, 5.74) is 5.46. The lowest BCUT2D eigenvalue weighted by atomic mass is 9.98. The van der Waals surface area contributed by atoms with Gasteiger partial charge in [-0.05, 0) is 38.0 Å². The number of carbonyl (C=O) groups is 1. The number of halogens is 2. The average molecular weight is 664 g/mol. The number of nitrogens with one attached hydrogen (secondary N) is 2. The van der Waals surface area contributed by atoms with Crippen LogP contribution in [0.1, 0.15) is 43.5 Å². The van der Waals surface area contributed by atoms with Crippen LogP contribution in [0.2, 0.25) is 10.0 Å². The zero-order chi connectivity index (χ0) is 32.2. The van der Waals surface area contributed by atoms with Crippen molar-refractivity contribution >= 4 is 29.1 Å². The van der Waals surface area contributed by atoms with E-state index in [0.29, 0.717) is 75.3 Å². The Kier molecular flexibility index (Phi) is 9.98. The molecule has 3 heterocycles. The number of carbonyl (C=O) groups excluding carboxylic acids is 1. The minimum absolute atomic E-state index is 0.122. The minimum Gasteiger partial charge on any atom is -0.480 e. The molecule has 0 bridgehead atoms. The SMILES string of the molecule is COc1nc(-c2cccc(-c3cccc(-c4cnc(CN[C@H]5C[C@H]5CO)c(OC)n4)c3Cl)c2Cl)cnc1CCC[C@@H]1CCC(=O)N1. The zero-order valence-electron chi connectivity index (χ0n) is 25.7. The third-order valence-corrected chi connectivity index (χ3v) is 9.40. The van der Waals surface area contributed by atoms with E-state index in [1.54, 1.807) is 26.6 Å². The lowest BCUT2D eigenvalue weighted by Crippen LogP contribution is -2.25. The Morgan fingerprint density at radius 1 is 0.913 bits per heavy atom. The summed E-state index contributed by atoms with van der Waals surface area (Å²) in [6, 6.07) is 11.9. The van der Waals surface area contributed by atoms with Crippen LogP contribution in [-0.4, -0.2) is 63.9 Å². The second-order valence-electron chi connectivity index (χ2n) is 11.6. The van der Waals surface area contributed by atoms with Gasteiger partial charge in [0.1, 0.15) is 11.4 Å². The van der Waals surface area contributed by atoms with E-state index in [1.165, 1.54) is 0 Å². The summed E-state index contributed by atoms with van der Waals surface area (Å²) in [6.07, 6.45) is 8.26. The minimum atomic E-state index is 0.122. The van der Waals surface area contributed by atoms with Gasteiger partial charge in [0, 0.05) is 53.9 Å². The molecule has 10 nitrogen and oxygen atoms in total. The quantitative estimate of drug-likeness (QED) is 0.166. The van der Waals surface area contributed by atoms with Gasteiger partial charge in [-0.3, -0.25) is 14.8 Å². The number of aryl methyl sites for hydroxylation is 1. The molecule has 1 amide bonds. The molecular weight excluding hydrogens is 627 g/mol. The van der Waals surface area contributed by atoms with E-state index in [4.69, 9.17) is 42.6 Å². The Morgan fingerprint density at radius 2 is 1.50 bits per heavy atom. The smallest absolute Gasteiger partial charge is 0.237 e. The van der Waals surface area contributed by atoms with Crippen LogP contribution >= 0.6 is 23.2 Å². The lowest BCUT2D eigenvalue weighted by Gasteiger charge is -2.15. The molecule has 4 aromatic rings. The van der Waals surface area contributed by atoms with Crippen molar-refractivity contribution in [2.45, 2.75) is 57.2 Å². The number of rotatable bonds is 13. The number of hydrogen-bond donors (Lipinski definition) is 3. The van der Waals surface area contributed by atoms with E-state index in [-0.39, 0.29) is 24.6 Å².